The first-order valence-corrected chi connectivity index (χ1v) is 8.93. The number of anilines is 2. The van der Waals surface area contributed by atoms with Gasteiger partial charge in [-0.1, -0.05) is 18.2 Å². The predicted octanol–water partition coefficient (Wildman–Crippen LogP) is 2.09. The van der Waals surface area contributed by atoms with Crippen molar-refractivity contribution >= 4 is 23.3 Å². The van der Waals surface area contributed by atoms with Crippen LogP contribution in [0.4, 0.5) is 11.5 Å². The van der Waals surface area contributed by atoms with Crippen molar-refractivity contribution in [3.8, 4) is 0 Å². The van der Waals surface area contributed by atoms with Crippen molar-refractivity contribution in [1.82, 2.24) is 9.88 Å². The van der Waals surface area contributed by atoms with Crippen LogP contribution in [0.1, 0.15) is 12.5 Å². The molecule has 0 bridgehead atoms. The van der Waals surface area contributed by atoms with Crippen molar-refractivity contribution in [3.05, 3.63) is 54.2 Å². The fourth-order valence-electron chi connectivity index (χ4n) is 3.17. The average molecular weight is 352 g/mol. The summed E-state index contributed by atoms with van der Waals surface area (Å²) in [4.78, 5) is 35.1. The van der Waals surface area contributed by atoms with E-state index in [0.717, 1.165) is 17.1 Å². The molecule has 0 aliphatic carbocycles. The quantitative estimate of drug-likeness (QED) is 0.794. The molecule has 0 unspecified atom stereocenters. The molecule has 1 fully saturated rings. The summed E-state index contributed by atoms with van der Waals surface area (Å²) < 4.78 is 0. The van der Waals surface area contributed by atoms with Gasteiger partial charge in [0.05, 0.1) is 0 Å². The zero-order valence-corrected chi connectivity index (χ0v) is 15.3. The number of aromatic nitrogens is 1. The van der Waals surface area contributed by atoms with E-state index in [1.807, 2.05) is 56.3 Å². The Morgan fingerprint density at radius 1 is 1.08 bits per heavy atom. The van der Waals surface area contributed by atoms with Crippen LogP contribution in [-0.2, 0) is 9.59 Å². The first kappa shape index (κ1) is 17.9. The third kappa shape index (κ3) is 3.85. The smallest absolute Gasteiger partial charge is 0.316 e. The molecule has 2 heterocycles. The van der Waals surface area contributed by atoms with Crippen LogP contribution in [0.25, 0.3) is 0 Å². The maximum Gasteiger partial charge on any atom is 0.316 e. The van der Waals surface area contributed by atoms with Crippen LogP contribution < -0.4 is 9.80 Å². The van der Waals surface area contributed by atoms with Gasteiger partial charge < -0.3 is 14.7 Å². The third-order valence-electron chi connectivity index (χ3n) is 4.60. The van der Waals surface area contributed by atoms with E-state index in [1.54, 1.807) is 16.0 Å². The Hall–Kier alpha value is -2.89. The maximum atomic E-state index is 12.7. The van der Waals surface area contributed by atoms with E-state index >= 15 is 0 Å². The largest absolute Gasteiger partial charge is 0.353 e. The Labute approximate surface area is 154 Å². The van der Waals surface area contributed by atoms with E-state index < -0.39 is 11.8 Å². The SMILES string of the molecule is CCN(C(=O)C(=O)N1CCN(c2ccccn2)CC1)c1cccc(C)c1. The number of nitrogens with zero attached hydrogens (tertiary/aromatic N) is 4. The number of hydrogen-bond donors (Lipinski definition) is 0. The number of amides is 2. The first-order valence-electron chi connectivity index (χ1n) is 8.93. The fraction of sp³-hybridized carbons (Fsp3) is 0.350. The highest BCUT2D eigenvalue weighted by Crippen LogP contribution is 2.18. The number of carbonyl (C=O) groups excluding carboxylic acids is 2. The highest BCUT2D eigenvalue weighted by Gasteiger charge is 2.30. The number of likely N-dealkylation sites (N-methyl/N-ethyl adjacent to an activating group) is 1. The Morgan fingerprint density at radius 2 is 1.85 bits per heavy atom. The van der Waals surface area contributed by atoms with Gasteiger partial charge in [-0.3, -0.25) is 9.59 Å². The summed E-state index contributed by atoms with van der Waals surface area (Å²) in [7, 11) is 0. The highest BCUT2D eigenvalue weighted by molar-refractivity contribution is 6.40. The Morgan fingerprint density at radius 3 is 2.46 bits per heavy atom. The zero-order chi connectivity index (χ0) is 18.5. The number of pyridine rings is 1. The van der Waals surface area contributed by atoms with Crippen molar-refractivity contribution in [2.45, 2.75) is 13.8 Å². The lowest BCUT2D eigenvalue weighted by Gasteiger charge is -2.35. The number of benzene rings is 1. The van der Waals surface area contributed by atoms with Gasteiger partial charge in [0.25, 0.3) is 0 Å². The minimum Gasteiger partial charge on any atom is -0.353 e. The molecule has 1 aliphatic rings. The van der Waals surface area contributed by atoms with Crippen LogP contribution in [0.2, 0.25) is 0 Å². The molecule has 2 amide bonds. The molecule has 26 heavy (non-hydrogen) atoms. The van der Waals surface area contributed by atoms with Crippen LogP contribution >= 0.6 is 0 Å². The van der Waals surface area contributed by atoms with Gasteiger partial charge in [-0.2, -0.15) is 0 Å². The second-order valence-corrected chi connectivity index (χ2v) is 6.36. The van der Waals surface area contributed by atoms with E-state index in [-0.39, 0.29) is 0 Å². The van der Waals surface area contributed by atoms with Gasteiger partial charge >= 0.3 is 11.8 Å². The summed E-state index contributed by atoms with van der Waals surface area (Å²) in [6.07, 6.45) is 1.76. The number of hydrogen-bond acceptors (Lipinski definition) is 4. The molecule has 6 nitrogen and oxygen atoms in total. The van der Waals surface area contributed by atoms with Crippen molar-refractivity contribution in [2.24, 2.45) is 0 Å². The topological polar surface area (TPSA) is 56.8 Å². The normalized spacial score (nSPS) is 14.2. The van der Waals surface area contributed by atoms with Crippen molar-refractivity contribution < 1.29 is 9.59 Å². The van der Waals surface area contributed by atoms with Crippen LogP contribution in [0.15, 0.2) is 48.7 Å². The summed E-state index contributed by atoms with van der Waals surface area (Å²) in [5.41, 5.74) is 1.82. The fourth-order valence-corrected chi connectivity index (χ4v) is 3.17. The van der Waals surface area contributed by atoms with Gasteiger partial charge in [-0.25, -0.2) is 4.98 Å². The molecule has 1 aromatic carbocycles. The maximum absolute atomic E-state index is 12.7. The van der Waals surface area contributed by atoms with Gasteiger partial charge in [0.2, 0.25) is 0 Å². The lowest BCUT2D eigenvalue weighted by Crippen LogP contribution is -2.53. The molecule has 3 rings (SSSR count). The molecule has 0 radical (unpaired) electrons. The van der Waals surface area contributed by atoms with Crippen molar-refractivity contribution in [1.29, 1.82) is 0 Å². The summed E-state index contributed by atoms with van der Waals surface area (Å²) in [5, 5.41) is 0. The summed E-state index contributed by atoms with van der Waals surface area (Å²) >= 11 is 0. The third-order valence-corrected chi connectivity index (χ3v) is 4.60. The average Bonchev–Trinajstić information content (AvgIpc) is 2.69. The lowest BCUT2D eigenvalue weighted by atomic mass is 10.2. The number of carbonyl (C=O) groups is 2. The minimum absolute atomic E-state index is 0.436. The molecule has 2 aromatic rings. The van der Waals surface area contributed by atoms with E-state index in [1.165, 1.54) is 0 Å². The van der Waals surface area contributed by atoms with Crippen LogP contribution in [0, 0.1) is 6.92 Å². The van der Waals surface area contributed by atoms with Crippen LogP contribution in [0.5, 0.6) is 0 Å². The second-order valence-electron chi connectivity index (χ2n) is 6.36. The number of aryl methyl sites for hydroxylation is 1. The van der Waals surface area contributed by atoms with Gasteiger partial charge in [0.1, 0.15) is 5.82 Å². The molecule has 136 valence electrons. The van der Waals surface area contributed by atoms with Crippen LogP contribution in [0.3, 0.4) is 0 Å². The molecule has 1 aliphatic heterocycles. The summed E-state index contributed by atoms with van der Waals surface area (Å²) in [6, 6.07) is 13.4. The predicted molar refractivity (Wildman–Crippen MR) is 102 cm³/mol. The molecule has 1 aromatic heterocycles. The molecule has 0 atom stereocenters. The summed E-state index contributed by atoms with van der Waals surface area (Å²) in [5.74, 6) is -0.000663. The highest BCUT2D eigenvalue weighted by atomic mass is 16.2. The Bertz CT molecular complexity index is 770. The van der Waals surface area contributed by atoms with Gasteiger partial charge in [-0.15, -0.1) is 0 Å². The zero-order valence-electron chi connectivity index (χ0n) is 15.3. The number of piperazine rings is 1. The lowest BCUT2D eigenvalue weighted by molar-refractivity contribution is -0.144. The molecule has 0 N–H and O–H groups in total. The van der Waals surface area contributed by atoms with Gasteiger partial charge in [0.15, 0.2) is 0 Å². The Balaban J connectivity index is 1.64. The van der Waals surface area contributed by atoms with Gasteiger partial charge in [0, 0.05) is 44.6 Å². The van der Waals surface area contributed by atoms with Gasteiger partial charge in [-0.05, 0) is 43.7 Å². The molecule has 6 heteroatoms. The van der Waals surface area contributed by atoms with Crippen LogP contribution in [-0.4, -0.2) is 54.4 Å². The molecule has 0 saturated carbocycles. The monoisotopic (exact) mass is 352 g/mol. The van der Waals surface area contributed by atoms with E-state index in [2.05, 4.69) is 9.88 Å². The number of rotatable bonds is 3. The van der Waals surface area contributed by atoms with E-state index in [4.69, 9.17) is 0 Å². The molecular formula is C20H24N4O2. The van der Waals surface area contributed by atoms with E-state index in [0.29, 0.717) is 32.7 Å². The van der Waals surface area contributed by atoms with E-state index in [9.17, 15) is 9.59 Å². The van der Waals surface area contributed by atoms with Crippen molar-refractivity contribution in [2.75, 3.05) is 42.5 Å². The molecule has 1 saturated heterocycles. The first-order chi connectivity index (χ1) is 12.6. The summed E-state index contributed by atoms with van der Waals surface area (Å²) in [6.45, 7) is 6.70. The molecule has 0 spiro atoms. The standard InChI is InChI=1S/C20H24N4O2/c1-3-24(17-8-6-7-16(2)15-17)20(26)19(25)23-13-11-22(12-14-23)18-9-4-5-10-21-18/h4-10,15H,3,11-14H2,1-2H3. The minimum atomic E-state index is -0.468. The second kappa shape index (κ2) is 7.99. The Kier molecular flexibility index (Phi) is 5.51. The molecular weight excluding hydrogens is 328 g/mol. The van der Waals surface area contributed by atoms with Crippen molar-refractivity contribution in [3.63, 3.8) is 0 Å².